The lowest BCUT2D eigenvalue weighted by molar-refractivity contribution is -0.110. The Balaban J connectivity index is 1.70. The van der Waals surface area contributed by atoms with Gasteiger partial charge in [-0.2, -0.15) is 0 Å². The first-order valence-electron chi connectivity index (χ1n) is 11.9. The van der Waals surface area contributed by atoms with Crippen LogP contribution in [0.3, 0.4) is 0 Å². The number of benzene rings is 3. The fourth-order valence-electron chi connectivity index (χ4n) is 4.13. The Kier molecular flexibility index (Phi) is 7.69. The van der Waals surface area contributed by atoms with E-state index in [0.717, 1.165) is 17.8 Å². The van der Waals surface area contributed by atoms with Gasteiger partial charge in [0.15, 0.2) is 0 Å². The van der Waals surface area contributed by atoms with E-state index < -0.39 is 5.97 Å². The largest absolute Gasteiger partial charge is 0.465 e. The van der Waals surface area contributed by atoms with Gasteiger partial charge in [-0.15, -0.1) is 0 Å². The highest BCUT2D eigenvalue weighted by molar-refractivity contribution is 6.37. The van der Waals surface area contributed by atoms with Crippen LogP contribution in [0.2, 0.25) is 0 Å². The quantitative estimate of drug-likeness (QED) is 0.321. The van der Waals surface area contributed by atoms with Crippen molar-refractivity contribution in [2.24, 2.45) is 0 Å². The van der Waals surface area contributed by atoms with E-state index in [1.165, 1.54) is 7.11 Å². The summed E-state index contributed by atoms with van der Waals surface area (Å²) in [5.74, 6) is -0.880. The van der Waals surface area contributed by atoms with Gasteiger partial charge in [0.25, 0.3) is 11.8 Å². The second kappa shape index (κ2) is 11.1. The Hall–Kier alpha value is -4.43. The molecule has 8 heteroatoms. The molecule has 0 bridgehead atoms. The second-order valence-electron chi connectivity index (χ2n) is 9.04. The van der Waals surface area contributed by atoms with Crippen LogP contribution in [0.15, 0.2) is 66.7 Å². The molecule has 0 unspecified atom stereocenters. The predicted octanol–water partition coefficient (Wildman–Crippen LogP) is 4.01. The van der Waals surface area contributed by atoms with Crippen LogP contribution in [0.4, 0.5) is 11.4 Å². The molecular formula is C29H30N4O4. The molecule has 0 fully saturated rings. The van der Waals surface area contributed by atoms with Crippen LogP contribution in [0, 0.1) is 6.92 Å². The summed E-state index contributed by atoms with van der Waals surface area (Å²) in [6.45, 7) is 3.12. The molecule has 0 aromatic heterocycles. The molecule has 1 aliphatic rings. The third kappa shape index (κ3) is 5.70. The van der Waals surface area contributed by atoms with Crippen molar-refractivity contribution in [3.05, 3.63) is 94.5 Å². The highest BCUT2D eigenvalue weighted by Crippen LogP contribution is 2.39. The molecule has 0 atom stereocenters. The Bertz CT molecular complexity index is 1360. The number of carbonyl (C=O) groups is 3. The lowest BCUT2D eigenvalue weighted by Gasteiger charge is -2.16. The van der Waals surface area contributed by atoms with Crippen molar-refractivity contribution in [3.63, 3.8) is 0 Å². The van der Waals surface area contributed by atoms with Crippen LogP contribution in [0.5, 0.6) is 0 Å². The number of methoxy groups -OCH3 is 1. The van der Waals surface area contributed by atoms with Crippen LogP contribution >= 0.6 is 0 Å². The second-order valence-corrected chi connectivity index (χ2v) is 9.04. The zero-order valence-electron chi connectivity index (χ0n) is 21.3. The predicted molar refractivity (Wildman–Crippen MR) is 145 cm³/mol. The molecule has 3 aromatic carbocycles. The number of fused-ring (bicyclic) bond motifs is 1. The number of anilines is 2. The molecule has 37 heavy (non-hydrogen) atoms. The van der Waals surface area contributed by atoms with E-state index in [-0.39, 0.29) is 11.8 Å². The number of hydrogen-bond acceptors (Lipinski definition) is 6. The first kappa shape index (κ1) is 25.7. The van der Waals surface area contributed by atoms with Gasteiger partial charge >= 0.3 is 5.97 Å². The number of likely N-dealkylation sites (N-methyl/N-ethyl adjacent to an activating group) is 1. The van der Waals surface area contributed by atoms with Gasteiger partial charge in [0.2, 0.25) is 0 Å². The van der Waals surface area contributed by atoms with Crippen LogP contribution < -0.4 is 16.0 Å². The summed E-state index contributed by atoms with van der Waals surface area (Å²) in [5, 5.41) is 9.17. The standard InChI is InChI=1S/C29H30N4O4/c1-18-16-23-24(17-22(18)29(36)37-4)32-28(35)25(23)26(19-8-6-5-7-9-19)31-21-12-10-20(11-13-21)27(34)30-14-15-33(2)3/h5-13,16-17,31H,14-15H2,1-4H3,(H,30,34)(H,32,35)/b26-25-. The van der Waals surface area contributed by atoms with E-state index in [4.69, 9.17) is 4.74 Å². The summed E-state index contributed by atoms with van der Waals surface area (Å²) in [7, 11) is 5.23. The van der Waals surface area contributed by atoms with Crippen molar-refractivity contribution in [2.75, 3.05) is 44.9 Å². The molecule has 3 aromatic rings. The molecule has 0 aliphatic carbocycles. The van der Waals surface area contributed by atoms with Gasteiger partial charge in [0.05, 0.1) is 29.6 Å². The molecule has 0 saturated heterocycles. The maximum absolute atomic E-state index is 13.2. The topological polar surface area (TPSA) is 99.8 Å². The van der Waals surface area contributed by atoms with Crippen LogP contribution in [-0.4, -0.2) is 57.0 Å². The van der Waals surface area contributed by atoms with Gasteiger partial charge in [-0.1, -0.05) is 30.3 Å². The average molecular weight is 499 g/mol. The van der Waals surface area contributed by atoms with Crippen LogP contribution in [-0.2, 0) is 9.53 Å². The number of hydrogen-bond donors (Lipinski definition) is 3. The van der Waals surface area contributed by atoms with Gasteiger partial charge in [0, 0.05) is 29.9 Å². The number of aryl methyl sites for hydroxylation is 1. The number of nitrogens with zero attached hydrogens (tertiary/aromatic N) is 1. The third-order valence-electron chi connectivity index (χ3n) is 6.09. The van der Waals surface area contributed by atoms with E-state index in [1.807, 2.05) is 74.4 Å². The minimum absolute atomic E-state index is 0.143. The third-order valence-corrected chi connectivity index (χ3v) is 6.09. The monoisotopic (exact) mass is 498 g/mol. The molecule has 0 spiro atoms. The lowest BCUT2D eigenvalue weighted by atomic mass is 9.96. The smallest absolute Gasteiger partial charge is 0.338 e. The number of rotatable bonds is 8. The van der Waals surface area contributed by atoms with Gasteiger partial charge in [-0.3, -0.25) is 9.59 Å². The maximum Gasteiger partial charge on any atom is 0.338 e. The maximum atomic E-state index is 13.2. The minimum atomic E-state index is -0.459. The molecule has 2 amide bonds. The van der Waals surface area contributed by atoms with Crippen molar-refractivity contribution in [1.82, 2.24) is 10.2 Å². The highest BCUT2D eigenvalue weighted by Gasteiger charge is 2.30. The Morgan fingerprint density at radius 3 is 2.32 bits per heavy atom. The molecule has 8 nitrogen and oxygen atoms in total. The fraction of sp³-hybridized carbons (Fsp3) is 0.207. The van der Waals surface area contributed by atoms with Crippen molar-refractivity contribution in [2.45, 2.75) is 6.92 Å². The minimum Gasteiger partial charge on any atom is -0.465 e. The van der Waals surface area contributed by atoms with Crippen LogP contribution in [0.25, 0.3) is 11.3 Å². The van der Waals surface area contributed by atoms with Crippen LogP contribution in [0.1, 0.15) is 37.4 Å². The van der Waals surface area contributed by atoms with E-state index in [1.54, 1.807) is 18.2 Å². The van der Waals surface area contributed by atoms with Gasteiger partial charge < -0.3 is 25.6 Å². The highest BCUT2D eigenvalue weighted by atomic mass is 16.5. The number of ether oxygens (including phenoxy) is 1. The molecule has 3 N–H and O–H groups in total. The normalized spacial score (nSPS) is 13.6. The fourth-order valence-corrected chi connectivity index (χ4v) is 4.13. The molecule has 4 rings (SSSR count). The van der Waals surface area contributed by atoms with Crippen molar-refractivity contribution in [1.29, 1.82) is 0 Å². The van der Waals surface area contributed by atoms with E-state index in [2.05, 4.69) is 16.0 Å². The molecule has 0 saturated carbocycles. The molecule has 0 radical (unpaired) electrons. The number of nitrogens with one attached hydrogen (secondary N) is 3. The number of esters is 1. The molecule has 190 valence electrons. The van der Waals surface area contributed by atoms with Gasteiger partial charge in [0.1, 0.15) is 0 Å². The summed E-state index contributed by atoms with van der Waals surface area (Å²) in [5.41, 5.74) is 5.52. The first-order chi connectivity index (χ1) is 17.8. The summed E-state index contributed by atoms with van der Waals surface area (Å²) in [4.78, 5) is 39.8. The molecule has 1 heterocycles. The number of carbonyl (C=O) groups excluding carboxylic acids is 3. The van der Waals surface area contributed by atoms with Crippen molar-refractivity contribution >= 4 is 40.4 Å². The molecular weight excluding hydrogens is 468 g/mol. The number of amides is 2. The van der Waals surface area contributed by atoms with Crippen molar-refractivity contribution < 1.29 is 19.1 Å². The molecule has 1 aliphatic heterocycles. The van der Waals surface area contributed by atoms with Gasteiger partial charge in [-0.25, -0.2) is 4.79 Å². The first-order valence-corrected chi connectivity index (χ1v) is 11.9. The lowest BCUT2D eigenvalue weighted by Crippen LogP contribution is -2.31. The summed E-state index contributed by atoms with van der Waals surface area (Å²) in [6.07, 6.45) is 0. The SMILES string of the molecule is COC(=O)c1cc2c(cc1C)/C(=C(/Nc1ccc(C(=O)NCCN(C)C)cc1)c1ccccc1)C(=O)N2. The Labute approximate surface area is 216 Å². The summed E-state index contributed by atoms with van der Waals surface area (Å²) in [6, 6.07) is 20.1. The Morgan fingerprint density at radius 2 is 1.68 bits per heavy atom. The van der Waals surface area contributed by atoms with E-state index in [9.17, 15) is 14.4 Å². The zero-order chi connectivity index (χ0) is 26.5. The van der Waals surface area contributed by atoms with Crippen molar-refractivity contribution in [3.8, 4) is 0 Å². The summed E-state index contributed by atoms with van der Waals surface area (Å²) >= 11 is 0. The Morgan fingerprint density at radius 1 is 0.973 bits per heavy atom. The van der Waals surface area contributed by atoms with Gasteiger partial charge in [-0.05, 0) is 68.5 Å². The zero-order valence-corrected chi connectivity index (χ0v) is 21.3. The summed E-state index contributed by atoms with van der Waals surface area (Å²) < 4.78 is 4.88. The average Bonchev–Trinajstić information content (AvgIpc) is 3.21. The van der Waals surface area contributed by atoms with E-state index >= 15 is 0 Å². The van der Waals surface area contributed by atoms with E-state index in [0.29, 0.717) is 45.8 Å².